The van der Waals surface area contributed by atoms with Crippen LogP contribution in [0.15, 0.2) is 24.3 Å². The Labute approximate surface area is 145 Å². The van der Waals surface area contributed by atoms with Crippen molar-refractivity contribution in [2.45, 2.75) is 39.2 Å². The van der Waals surface area contributed by atoms with Gasteiger partial charge < -0.3 is 20.1 Å². The highest BCUT2D eigenvalue weighted by molar-refractivity contribution is 5.79. The van der Waals surface area contributed by atoms with Crippen molar-refractivity contribution in [1.29, 1.82) is 0 Å². The smallest absolute Gasteiger partial charge is 0.224 e. The third-order valence-electron chi connectivity index (χ3n) is 4.46. The molecule has 1 amide bonds. The summed E-state index contributed by atoms with van der Waals surface area (Å²) in [5.74, 6) is 0.819. The van der Waals surface area contributed by atoms with E-state index in [1.165, 1.54) is 0 Å². The van der Waals surface area contributed by atoms with Crippen LogP contribution < -0.4 is 15.4 Å². The molecule has 1 saturated heterocycles. The van der Waals surface area contributed by atoms with Crippen LogP contribution in [0.1, 0.15) is 32.3 Å². The summed E-state index contributed by atoms with van der Waals surface area (Å²) < 4.78 is 11.2. The third-order valence-corrected chi connectivity index (χ3v) is 4.46. The molecule has 1 heterocycles. The van der Waals surface area contributed by atoms with Crippen LogP contribution in [-0.2, 0) is 16.0 Å². The Kier molecular flexibility index (Phi) is 7.06. The molecule has 0 aromatic heterocycles. The molecule has 0 radical (unpaired) electrons. The molecule has 0 unspecified atom stereocenters. The van der Waals surface area contributed by atoms with E-state index in [1.54, 1.807) is 7.11 Å². The van der Waals surface area contributed by atoms with Crippen molar-refractivity contribution >= 4 is 5.91 Å². The number of para-hydroxylation sites is 1. The van der Waals surface area contributed by atoms with Crippen LogP contribution in [0, 0.1) is 5.41 Å². The Bertz CT molecular complexity index is 520. The maximum absolute atomic E-state index is 12.4. The first-order valence-corrected chi connectivity index (χ1v) is 8.75. The summed E-state index contributed by atoms with van der Waals surface area (Å²) in [4.78, 5) is 12.4. The van der Waals surface area contributed by atoms with Crippen LogP contribution in [0.2, 0.25) is 0 Å². The van der Waals surface area contributed by atoms with E-state index < -0.39 is 0 Å². The van der Waals surface area contributed by atoms with Crippen LogP contribution in [-0.4, -0.2) is 45.4 Å². The molecule has 24 heavy (non-hydrogen) atoms. The lowest BCUT2D eigenvalue weighted by Gasteiger charge is -2.37. The number of hydrogen-bond acceptors (Lipinski definition) is 4. The highest BCUT2D eigenvalue weighted by Gasteiger charge is 2.32. The average molecular weight is 334 g/mol. The number of benzene rings is 1. The van der Waals surface area contributed by atoms with E-state index in [0.29, 0.717) is 19.6 Å². The number of nitrogens with one attached hydrogen (secondary N) is 2. The number of carbonyl (C=O) groups is 1. The number of rotatable bonds is 8. The summed E-state index contributed by atoms with van der Waals surface area (Å²) in [5.41, 5.74) is 0.971. The molecule has 0 bridgehead atoms. The Hall–Kier alpha value is -1.59. The number of ether oxygens (including phenoxy) is 2. The van der Waals surface area contributed by atoms with Crippen LogP contribution in [0.3, 0.4) is 0 Å². The second-order valence-corrected chi connectivity index (χ2v) is 6.91. The normalized spacial score (nSPS) is 16.8. The Morgan fingerprint density at radius 2 is 2.00 bits per heavy atom. The molecule has 0 spiro atoms. The second-order valence-electron chi connectivity index (χ2n) is 6.91. The van der Waals surface area contributed by atoms with Gasteiger partial charge in [-0.1, -0.05) is 18.2 Å². The molecular formula is C19H30N2O3. The molecule has 0 saturated carbocycles. The molecular weight excluding hydrogens is 304 g/mol. The van der Waals surface area contributed by atoms with E-state index in [2.05, 4.69) is 10.6 Å². The topological polar surface area (TPSA) is 59.6 Å². The lowest BCUT2D eigenvalue weighted by molar-refractivity contribution is -0.121. The summed E-state index contributed by atoms with van der Waals surface area (Å²) >= 11 is 0. The summed E-state index contributed by atoms with van der Waals surface area (Å²) in [6.45, 7) is 7.27. The standard InChI is InChI=1S/C19H30N2O3/c1-15(2)24-17-7-5-4-6-16(17)12-18(22)21-13-19(14-23-3)8-10-20-11-9-19/h4-7,15,20H,8-14H2,1-3H3,(H,21,22). The quantitative estimate of drug-likeness (QED) is 0.765. The molecule has 1 aromatic rings. The van der Waals surface area contributed by atoms with Gasteiger partial charge >= 0.3 is 0 Å². The van der Waals surface area contributed by atoms with Gasteiger partial charge in [0, 0.05) is 24.6 Å². The molecule has 2 rings (SSSR count). The van der Waals surface area contributed by atoms with Crippen molar-refractivity contribution in [3.63, 3.8) is 0 Å². The molecule has 1 aliphatic rings. The third kappa shape index (κ3) is 5.49. The van der Waals surface area contributed by atoms with Crippen molar-refractivity contribution < 1.29 is 14.3 Å². The van der Waals surface area contributed by atoms with Gasteiger partial charge in [-0.3, -0.25) is 4.79 Å². The summed E-state index contributed by atoms with van der Waals surface area (Å²) in [5, 5.41) is 6.47. The SMILES string of the molecule is COCC1(CNC(=O)Cc2ccccc2OC(C)C)CCNCC1. The number of carbonyl (C=O) groups excluding carboxylic acids is 1. The minimum absolute atomic E-state index is 0.0313. The van der Waals surface area contributed by atoms with Gasteiger partial charge in [0.05, 0.1) is 19.1 Å². The fourth-order valence-electron chi connectivity index (χ4n) is 3.18. The average Bonchev–Trinajstić information content (AvgIpc) is 2.56. The second kappa shape index (κ2) is 9.04. The molecule has 1 aliphatic heterocycles. The highest BCUT2D eigenvalue weighted by Crippen LogP contribution is 2.28. The van der Waals surface area contributed by atoms with Gasteiger partial charge in [-0.25, -0.2) is 0 Å². The van der Waals surface area contributed by atoms with Crippen molar-refractivity contribution in [2.24, 2.45) is 5.41 Å². The van der Waals surface area contributed by atoms with Gasteiger partial charge in [-0.2, -0.15) is 0 Å². The minimum atomic E-state index is 0.0313. The van der Waals surface area contributed by atoms with Gasteiger partial charge in [0.1, 0.15) is 5.75 Å². The van der Waals surface area contributed by atoms with Gasteiger partial charge in [-0.15, -0.1) is 0 Å². The maximum atomic E-state index is 12.4. The fraction of sp³-hybridized carbons (Fsp3) is 0.632. The zero-order chi connectivity index (χ0) is 17.4. The highest BCUT2D eigenvalue weighted by atomic mass is 16.5. The lowest BCUT2D eigenvalue weighted by atomic mass is 9.79. The summed E-state index contributed by atoms with van der Waals surface area (Å²) in [6.07, 6.45) is 2.47. The first kappa shape index (κ1) is 18.7. The monoisotopic (exact) mass is 334 g/mol. The van der Waals surface area contributed by atoms with E-state index in [4.69, 9.17) is 9.47 Å². The maximum Gasteiger partial charge on any atom is 0.224 e. The van der Waals surface area contributed by atoms with Crippen molar-refractivity contribution in [3.8, 4) is 5.75 Å². The fourth-order valence-corrected chi connectivity index (χ4v) is 3.18. The molecule has 1 fully saturated rings. The van der Waals surface area contributed by atoms with Crippen LogP contribution in [0.25, 0.3) is 0 Å². The van der Waals surface area contributed by atoms with E-state index >= 15 is 0 Å². The number of methoxy groups -OCH3 is 1. The minimum Gasteiger partial charge on any atom is -0.491 e. The van der Waals surface area contributed by atoms with Crippen LogP contribution in [0.5, 0.6) is 5.75 Å². The van der Waals surface area contributed by atoms with E-state index in [1.807, 2.05) is 38.1 Å². The van der Waals surface area contributed by atoms with Crippen molar-refractivity contribution in [3.05, 3.63) is 29.8 Å². The number of amides is 1. The zero-order valence-electron chi connectivity index (χ0n) is 15.1. The molecule has 0 aliphatic carbocycles. The van der Waals surface area contributed by atoms with E-state index in [-0.39, 0.29) is 17.4 Å². The molecule has 1 aromatic carbocycles. The number of hydrogen-bond donors (Lipinski definition) is 2. The zero-order valence-corrected chi connectivity index (χ0v) is 15.1. The van der Waals surface area contributed by atoms with Crippen molar-refractivity contribution in [1.82, 2.24) is 10.6 Å². The summed E-state index contributed by atoms with van der Waals surface area (Å²) in [7, 11) is 1.73. The molecule has 2 N–H and O–H groups in total. The van der Waals surface area contributed by atoms with Gasteiger partial charge in [0.2, 0.25) is 5.91 Å². The predicted octanol–water partition coefficient (Wildman–Crippen LogP) is 2.15. The van der Waals surface area contributed by atoms with Crippen LogP contribution in [0.4, 0.5) is 0 Å². The molecule has 5 heteroatoms. The predicted molar refractivity (Wildman–Crippen MR) is 95.3 cm³/mol. The van der Waals surface area contributed by atoms with Gasteiger partial charge in [-0.05, 0) is 45.8 Å². The Morgan fingerprint density at radius 1 is 1.29 bits per heavy atom. The first-order chi connectivity index (χ1) is 11.5. The molecule has 5 nitrogen and oxygen atoms in total. The first-order valence-electron chi connectivity index (χ1n) is 8.75. The Balaban J connectivity index is 1.93. The van der Waals surface area contributed by atoms with Crippen molar-refractivity contribution in [2.75, 3.05) is 33.4 Å². The number of piperidine rings is 1. The lowest BCUT2D eigenvalue weighted by Crippen LogP contribution is -2.47. The molecule has 0 atom stereocenters. The van der Waals surface area contributed by atoms with E-state index in [0.717, 1.165) is 37.2 Å². The van der Waals surface area contributed by atoms with Crippen LogP contribution >= 0.6 is 0 Å². The molecule has 134 valence electrons. The largest absolute Gasteiger partial charge is 0.491 e. The van der Waals surface area contributed by atoms with Gasteiger partial charge in [0.15, 0.2) is 0 Å². The summed E-state index contributed by atoms with van der Waals surface area (Å²) in [6, 6.07) is 7.74. The van der Waals surface area contributed by atoms with Gasteiger partial charge in [0.25, 0.3) is 0 Å². The van der Waals surface area contributed by atoms with E-state index in [9.17, 15) is 4.79 Å². The Morgan fingerprint density at radius 3 is 2.67 bits per heavy atom.